The molecule has 0 bridgehead atoms. The Balaban J connectivity index is 0.00000127. The number of allylic oxidation sites excluding steroid dienone is 3. The SMILES string of the molecule is C/C=C(\C=C(C)C)C(CN1CCNCC1)C1CCCCC1.CCl. The fraction of sp³-hybridized carbons (Fsp3) is 0.800. The van der Waals surface area contributed by atoms with E-state index in [1.807, 2.05) is 0 Å². The highest BCUT2D eigenvalue weighted by Crippen LogP contribution is 2.35. The number of halogens is 1. The number of hydrogen-bond donors (Lipinski definition) is 1. The van der Waals surface area contributed by atoms with Crippen LogP contribution in [0.25, 0.3) is 0 Å². The molecule has 23 heavy (non-hydrogen) atoms. The van der Waals surface area contributed by atoms with Crippen molar-refractivity contribution in [2.75, 3.05) is 39.1 Å². The lowest BCUT2D eigenvalue weighted by molar-refractivity contribution is 0.171. The summed E-state index contributed by atoms with van der Waals surface area (Å²) in [4.78, 5) is 2.68. The molecule has 0 radical (unpaired) electrons. The first-order valence-electron chi connectivity index (χ1n) is 9.32. The zero-order valence-electron chi connectivity index (χ0n) is 15.7. The number of alkyl halides is 1. The van der Waals surface area contributed by atoms with Gasteiger partial charge in [0, 0.05) is 39.1 Å². The van der Waals surface area contributed by atoms with E-state index in [0.717, 1.165) is 24.9 Å². The molecule has 1 saturated heterocycles. The Morgan fingerprint density at radius 3 is 2.26 bits per heavy atom. The molecule has 0 aromatic rings. The lowest BCUT2D eigenvalue weighted by Gasteiger charge is -2.37. The second kappa shape index (κ2) is 12.1. The maximum Gasteiger partial charge on any atom is 0.0108 e. The summed E-state index contributed by atoms with van der Waals surface area (Å²) in [7, 11) is 0. The van der Waals surface area contributed by atoms with Crippen molar-refractivity contribution in [3.63, 3.8) is 0 Å². The third-order valence-electron chi connectivity index (χ3n) is 5.10. The van der Waals surface area contributed by atoms with Gasteiger partial charge in [0.15, 0.2) is 0 Å². The second-order valence-electron chi connectivity index (χ2n) is 7.07. The molecule has 0 aromatic carbocycles. The quantitative estimate of drug-likeness (QED) is 0.568. The van der Waals surface area contributed by atoms with E-state index in [1.54, 1.807) is 5.57 Å². The fourth-order valence-corrected chi connectivity index (χ4v) is 3.97. The van der Waals surface area contributed by atoms with Crippen LogP contribution in [0, 0.1) is 11.8 Å². The molecular formula is C20H37ClN2. The summed E-state index contributed by atoms with van der Waals surface area (Å²) < 4.78 is 0. The fourth-order valence-electron chi connectivity index (χ4n) is 3.97. The van der Waals surface area contributed by atoms with Crippen LogP contribution in [-0.2, 0) is 0 Å². The van der Waals surface area contributed by atoms with Crippen LogP contribution in [0.2, 0.25) is 0 Å². The van der Waals surface area contributed by atoms with E-state index < -0.39 is 0 Å². The van der Waals surface area contributed by atoms with Gasteiger partial charge in [0.05, 0.1) is 0 Å². The van der Waals surface area contributed by atoms with Gasteiger partial charge < -0.3 is 10.2 Å². The molecule has 134 valence electrons. The molecule has 2 rings (SSSR count). The third kappa shape index (κ3) is 7.41. The van der Waals surface area contributed by atoms with Crippen LogP contribution >= 0.6 is 11.6 Å². The lowest BCUT2D eigenvalue weighted by atomic mass is 9.75. The van der Waals surface area contributed by atoms with Gasteiger partial charge >= 0.3 is 0 Å². The molecule has 0 spiro atoms. The highest BCUT2D eigenvalue weighted by molar-refractivity contribution is 6.15. The first-order valence-corrected chi connectivity index (χ1v) is 10.1. The molecule has 1 N–H and O–H groups in total. The number of hydrogen-bond acceptors (Lipinski definition) is 2. The van der Waals surface area contributed by atoms with Crippen molar-refractivity contribution < 1.29 is 0 Å². The van der Waals surface area contributed by atoms with Crippen LogP contribution in [0.5, 0.6) is 0 Å². The minimum Gasteiger partial charge on any atom is -0.314 e. The standard InChI is InChI=1S/C19H34N2.CH3Cl/c1-4-17(14-16(2)3)19(18-8-6-5-7-9-18)15-21-12-10-20-11-13-21;1-2/h4,14,18-20H,5-13,15H2,1-3H3;1H3/b17-4+;. The van der Waals surface area contributed by atoms with Gasteiger partial charge in [-0.05, 0) is 51.0 Å². The number of piperazine rings is 1. The van der Waals surface area contributed by atoms with Crippen molar-refractivity contribution in [2.45, 2.75) is 52.9 Å². The van der Waals surface area contributed by atoms with E-state index in [-0.39, 0.29) is 0 Å². The maximum absolute atomic E-state index is 4.64. The average Bonchev–Trinajstić information content (AvgIpc) is 2.61. The zero-order chi connectivity index (χ0) is 17.1. The number of rotatable bonds is 5. The molecule has 1 saturated carbocycles. The molecule has 2 aliphatic rings. The Kier molecular flexibility index (Phi) is 10.9. The first kappa shape index (κ1) is 20.7. The summed E-state index contributed by atoms with van der Waals surface area (Å²) in [6.07, 6.45) is 13.5. The van der Waals surface area contributed by atoms with Crippen molar-refractivity contribution in [2.24, 2.45) is 11.8 Å². The normalized spacial score (nSPS) is 22.0. The largest absolute Gasteiger partial charge is 0.314 e. The highest BCUT2D eigenvalue weighted by Gasteiger charge is 2.27. The van der Waals surface area contributed by atoms with Crippen LogP contribution in [0.3, 0.4) is 0 Å². The molecule has 1 aliphatic heterocycles. The van der Waals surface area contributed by atoms with Crippen molar-refractivity contribution in [3.05, 3.63) is 23.3 Å². The van der Waals surface area contributed by atoms with E-state index in [9.17, 15) is 0 Å². The second-order valence-corrected chi connectivity index (χ2v) is 7.07. The van der Waals surface area contributed by atoms with Crippen LogP contribution < -0.4 is 5.32 Å². The Bertz CT molecular complexity index is 360. The molecule has 2 nitrogen and oxygen atoms in total. The Morgan fingerprint density at radius 2 is 1.74 bits per heavy atom. The molecule has 1 atom stereocenters. The molecular weight excluding hydrogens is 304 g/mol. The van der Waals surface area contributed by atoms with Crippen LogP contribution in [0.15, 0.2) is 23.3 Å². The van der Waals surface area contributed by atoms with Gasteiger partial charge in [-0.25, -0.2) is 0 Å². The van der Waals surface area contributed by atoms with Gasteiger partial charge in [0.2, 0.25) is 0 Å². The summed E-state index contributed by atoms with van der Waals surface area (Å²) in [5.41, 5.74) is 3.02. The first-order chi connectivity index (χ1) is 11.2. The predicted molar refractivity (Wildman–Crippen MR) is 104 cm³/mol. The third-order valence-corrected chi connectivity index (χ3v) is 5.10. The zero-order valence-corrected chi connectivity index (χ0v) is 16.5. The van der Waals surface area contributed by atoms with Crippen LogP contribution in [0.1, 0.15) is 52.9 Å². The molecule has 0 amide bonds. The molecule has 0 aromatic heterocycles. The van der Waals surface area contributed by atoms with E-state index in [1.165, 1.54) is 63.7 Å². The van der Waals surface area contributed by atoms with Gasteiger partial charge in [-0.15, -0.1) is 11.6 Å². The van der Waals surface area contributed by atoms with Crippen LogP contribution in [0.4, 0.5) is 0 Å². The maximum atomic E-state index is 4.64. The van der Waals surface area contributed by atoms with E-state index in [2.05, 4.69) is 54.7 Å². The topological polar surface area (TPSA) is 15.3 Å². The van der Waals surface area contributed by atoms with Gasteiger partial charge in [-0.2, -0.15) is 0 Å². The van der Waals surface area contributed by atoms with Crippen molar-refractivity contribution in [3.8, 4) is 0 Å². The summed E-state index contributed by atoms with van der Waals surface area (Å²) in [5.74, 6) is 1.64. The van der Waals surface area contributed by atoms with Gasteiger partial charge in [-0.3, -0.25) is 0 Å². The monoisotopic (exact) mass is 340 g/mol. The minimum absolute atomic E-state index is 0.739. The highest BCUT2D eigenvalue weighted by atomic mass is 35.5. The molecule has 1 heterocycles. The Hall–Kier alpha value is -0.310. The van der Waals surface area contributed by atoms with E-state index in [0.29, 0.717) is 0 Å². The number of nitrogens with one attached hydrogen (secondary N) is 1. The van der Waals surface area contributed by atoms with Crippen molar-refractivity contribution >= 4 is 11.6 Å². The van der Waals surface area contributed by atoms with E-state index >= 15 is 0 Å². The van der Waals surface area contributed by atoms with Crippen LogP contribution in [-0.4, -0.2) is 44.0 Å². The van der Waals surface area contributed by atoms with Crippen molar-refractivity contribution in [1.29, 1.82) is 0 Å². The summed E-state index contributed by atoms with van der Waals surface area (Å²) in [5, 5.41) is 3.47. The van der Waals surface area contributed by atoms with Crippen molar-refractivity contribution in [1.82, 2.24) is 10.2 Å². The summed E-state index contributed by atoms with van der Waals surface area (Å²) >= 11 is 4.64. The average molecular weight is 341 g/mol. The number of nitrogens with zero attached hydrogens (tertiary/aromatic N) is 1. The Morgan fingerprint density at radius 1 is 1.13 bits per heavy atom. The molecule has 3 heteroatoms. The van der Waals surface area contributed by atoms with Gasteiger partial charge in [0.1, 0.15) is 0 Å². The minimum atomic E-state index is 0.739. The van der Waals surface area contributed by atoms with Gasteiger partial charge in [-0.1, -0.05) is 37.0 Å². The molecule has 2 fully saturated rings. The molecule has 1 aliphatic carbocycles. The predicted octanol–water partition coefficient (Wildman–Crippen LogP) is 4.86. The summed E-state index contributed by atoms with van der Waals surface area (Å²) in [6, 6.07) is 0. The van der Waals surface area contributed by atoms with Gasteiger partial charge in [0.25, 0.3) is 0 Å². The molecule has 1 unspecified atom stereocenters. The smallest absolute Gasteiger partial charge is 0.0108 e. The van der Waals surface area contributed by atoms with E-state index in [4.69, 9.17) is 0 Å². The Labute approximate surface area is 149 Å². The summed E-state index contributed by atoms with van der Waals surface area (Å²) in [6.45, 7) is 12.7. The lowest BCUT2D eigenvalue weighted by Crippen LogP contribution is -2.46.